The highest BCUT2D eigenvalue weighted by Gasteiger charge is 2.14. The fraction of sp³-hybridized carbons (Fsp3) is 0.417. The van der Waals surface area contributed by atoms with E-state index in [0.717, 1.165) is 25.0 Å². The minimum absolute atomic E-state index is 0.00986. The summed E-state index contributed by atoms with van der Waals surface area (Å²) >= 11 is 0. The van der Waals surface area contributed by atoms with Gasteiger partial charge < -0.3 is 9.84 Å². The van der Waals surface area contributed by atoms with Gasteiger partial charge in [-0.05, 0) is 25.5 Å². The van der Waals surface area contributed by atoms with Crippen LogP contribution >= 0.6 is 0 Å². The van der Waals surface area contributed by atoms with Crippen molar-refractivity contribution in [3.05, 3.63) is 29.6 Å². The zero-order valence-corrected chi connectivity index (χ0v) is 9.37. The lowest BCUT2D eigenvalue weighted by Gasteiger charge is -2.15. The minimum Gasteiger partial charge on any atom is -0.490 e. The maximum atomic E-state index is 13.0. The minimum atomic E-state index is -1.11. The van der Waals surface area contributed by atoms with Crippen molar-refractivity contribution in [3.8, 4) is 5.75 Å². The van der Waals surface area contributed by atoms with Crippen LogP contribution in [0.25, 0.3) is 0 Å². The third-order valence-electron chi connectivity index (χ3n) is 2.20. The van der Waals surface area contributed by atoms with Gasteiger partial charge in [0.05, 0.1) is 6.10 Å². The van der Waals surface area contributed by atoms with E-state index in [2.05, 4.69) is 0 Å². The molecule has 1 atom stereocenters. The first kappa shape index (κ1) is 12.5. The SMILES string of the molecule is CCCC(C)Oc1cc(F)ccc1C(=O)O. The summed E-state index contributed by atoms with van der Waals surface area (Å²) in [5, 5.41) is 8.90. The molecule has 0 fully saturated rings. The Labute approximate surface area is 93.9 Å². The molecule has 16 heavy (non-hydrogen) atoms. The molecule has 0 bridgehead atoms. The van der Waals surface area contributed by atoms with Crippen molar-refractivity contribution in [3.63, 3.8) is 0 Å². The number of carboxylic acid groups (broad SMARTS) is 1. The van der Waals surface area contributed by atoms with Crippen molar-refractivity contribution in [1.82, 2.24) is 0 Å². The number of carbonyl (C=O) groups is 1. The molecule has 0 saturated heterocycles. The first-order chi connectivity index (χ1) is 7.54. The summed E-state index contributed by atoms with van der Waals surface area (Å²) in [5.41, 5.74) is -0.00986. The van der Waals surface area contributed by atoms with Crippen LogP contribution in [0, 0.1) is 5.82 Å². The number of hydrogen-bond acceptors (Lipinski definition) is 2. The molecule has 1 unspecified atom stereocenters. The third kappa shape index (κ3) is 3.22. The number of carboxylic acids is 1. The molecule has 0 radical (unpaired) electrons. The van der Waals surface area contributed by atoms with Crippen molar-refractivity contribution < 1.29 is 19.0 Å². The van der Waals surface area contributed by atoms with Crippen molar-refractivity contribution in [2.45, 2.75) is 32.8 Å². The Morgan fingerprint density at radius 2 is 2.25 bits per heavy atom. The predicted molar refractivity (Wildman–Crippen MR) is 58.4 cm³/mol. The fourth-order valence-electron chi connectivity index (χ4n) is 1.45. The number of benzene rings is 1. The van der Waals surface area contributed by atoms with Gasteiger partial charge in [-0.15, -0.1) is 0 Å². The molecule has 0 aliphatic rings. The van der Waals surface area contributed by atoms with Gasteiger partial charge in [0, 0.05) is 6.07 Å². The average Bonchev–Trinajstić information content (AvgIpc) is 2.17. The Hall–Kier alpha value is -1.58. The first-order valence-corrected chi connectivity index (χ1v) is 5.24. The van der Waals surface area contributed by atoms with E-state index >= 15 is 0 Å². The van der Waals surface area contributed by atoms with Crippen molar-refractivity contribution in [1.29, 1.82) is 0 Å². The van der Waals surface area contributed by atoms with Crippen molar-refractivity contribution in [2.75, 3.05) is 0 Å². The van der Waals surface area contributed by atoms with Gasteiger partial charge in [-0.3, -0.25) is 0 Å². The van der Waals surface area contributed by atoms with E-state index in [0.29, 0.717) is 0 Å². The van der Waals surface area contributed by atoms with E-state index in [1.165, 1.54) is 6.07 Å². The van der Waals surface area contributed by atoms with Crippen LogP contribution < -0.4 is 4.74 Å². The summed E-state index contributed by atoms with van der Waals surface area (Å²) in [5.74, 6) is -1.52. The largest absolute Gasteiger partial charge is 0.490 e. The fourth-order valence-corrected chi connectivity index (χ4v) is 1.45. The van der Waals surface area contributed by atoms with Gasteiger partial charge in [-0.25, -0.2) is 9.18 Å². The number of rotatable bonds is 5. The molecule has 0 aromatic heterocycles. The summed E-state index contributed by atoms with van der Waals surface area (Å²) in [6, 6.07) is 3.43. The van der Waals surface area contributed by atoms with Gasteiger partial charge in [0.1, 0.15) is 17.1 Å². The molecule has 0 saturated carbocycles. The maximum absolute atomic E-state index is 13.0. The molecular formula is C12H15FO3. The molecule has 0 amide bonds. The van der Waals surface area contributed by atoms with Crippen LogP contribution in [0.15, 0.2) is 18.2 Å². The Bertz CT molecular complexity index is 377. The highest BCUT2D eigenvalue weighted by Crippen LogP contribution is 2.22. The summed E-state index contributed by atoms with van der Waals surface area (Å²) in [7, 11) is 0. The quantitative estimate of drug-likeness (QED) is 0.839. The van der Waals surface area contributed by atoms with Crippen LogP contribution in [0.1, 0.15) is 37.0 Å². The Balaban J connectivity index is 2.92. The molecule has 0 spiro atoms. The Morgan fingerprint density at radius 1 is 1.56 bits per heavy atom. The molecule has 0 aliphatic heterocycles. The molecule has 3 nitrogen and oxygen atoms in total. The van der Waals surface area contributed by atoms with E-state index in [9.17, 15) is 9.18 Å². The lowest BCUT2D eigenvalue weighted by atomic mass is 10.2. The topological polar surface area (TPSA) is 46.5 Å². The van der Waals surface area contributed by atoms with Crippen LogP contribution in [0.3, 0.4) is 0 Å². The molecule has 0 aliphatic carbocycles. The number of ether oxygens (including phenoxy) is 1. The number of hydrogen-bond donors (Lipinski definition) is 1. The van der Waals surface area contributed by atoms with Gasteiger partial charge in [0.15, 0.2) is 0 Å². The zero-order chi connectivity index (χ0) is 12.1. The summed E-state index contributed by atoms with van der Waals surface area (Å²) in [6.45, 7) is 3.84. The lowest BCUT2D eigenvalue weighted by molar-refractivity contribution is 0.0689. The van der Waals surface area contributed by atoms with E-state index in [1.807, 2.05) is 13.8 Å². The van der Waals surface area contributed by atoms with Gasteiger partial charge in [-0.1, -0.05) is 13.3 Å². The monoisotopic (exact) mass is 226 g/mol. The van der Waals surface area contributed by atoms with Gasteiger partial charge in [0.2, 0.25) is 0 Å². The molecule has 0 heterocycles. The second-order valence-electron chi connectivity index (χ2n) is 3.66. The average molecular weight is 226 g/mol. The van der Waals surface area contributed by atoms with E-state index < -0.39 is 11.8 Å². The molecule has 1 N–H and O–H groups in total. The van der Waals surface area contributed by atoms with E-state index in [1.54, 1.807) is 0 Å². The highest BCUT2D eigenvalue weighted by atomic mass is 19.1. The molecule has 1 aromatic rings. The Kier molecular flexibility index (Phi) is 4.28. The van der Waals surface area contributed by atoms with Gasteiger partial charge in [-0.2, -0.15) is 0 Å². The highest BCUT2D eigenvalue weighted by molar-refractivity contribution is 5.90. The Morgan fingerprint density at radius 3 is 2.81 bits per heavy atom. The van der Waals surface area contributed by atoms with Gasteiger partial charge in [0.25, 0.3) is 0 Å². The molecule has 1 rings (SSSR count). The molecule has 1 aromatic carbocycles. The first-order valence-electron chi connectivity index (χ1n) is 5.24. The summed E-state index contributed by atoms with van der Waals surface area (Å²) < 4.78 is 18.4. The lowest BCUT2D eigenvalue weighted by Crippen LogP contribution is -2.13. The van der Waals surface area contributed by atoms with E-state index in [-0.39, 0.29) is 17.4 Å². The second kappa shape index (κ2) is 5.49. The third-order valence-corrected chi connectivity index (χ3v) is 2.20. The number of halogens is 1. The summed E-state index contributed by atoms with van der Waals surface area (Å²) in [6.07, 6.45) is 1.61. The van der Waals surface area contributed by atoms with Crippen LogP contribution in [0.5, 0.6) is 5.75 Å². The van der Waals surface area contributed by atoms with Crippen LogP contribution in [0.2, 0.25) is 0 Å². The standard InChI is InChI=1S/C12H15FO3/c1-3-4-8(2)16-11-7-9(13)5-6-10(11)12(14)15/h5-8H,3-4H2,1-2H3,(H,14,15). The predicted octanol–water partition coefficient (Wildman–Crippen LogP) is 3.09. The maximum Gasteiger partial charge on any atom is 0.339 e. The van der Waals surface area contributed by atoms with Crippen LogP contribution in [0.4, 0.5) is 4.39 Å². The molecule has 88 valence electrons. The van der Waals surface area contributed by atoms with Crippen LogP contribution in [-0.2, 0) is 0 Å². The zero-order valence-electron chi connectivity index (χ0n) is 9.37. The number of aromatic carboxylic acids is 1. The van der Waals surface area contributed by atoms with Gasteiger partial charge >= 0.3 is 5.97 Å². The smallest absolute Gasteiger partial charge is 0.339 e. The van der Waals surface area contributed by atoms with E-state index in [4.69, 9.17) is 9.84 Å². The second-order valence-corrected chi connectivity index (χ2v) is 3.66. The van der Waals surface area contributed by atoms with Crippen molar-refractivity contribution >= 4 is 5.97 Å². The normalized spacial score (nSPS) is 12.2. The van der Waals surface area contributed by atoms with Crippen LogP contribution in [-0.4, -0.2) is 17.2 Å². The summed E-state index contributed by atoms with van der Waals surface area (Å²) in [4.78, 5) is 10.9. The van der Waals surface area contributed by atoms with Crippen molar-refractivity contribution in [2.24, 2.45) is 0 Å². The molecular weight excluding hydrogens is 211 g/mol. The molecule has 4 heteroatoms.